The van der Waals surface area contributed by atoms with E-state index in [0.717, 1.165) is 5.56 Å². The lowest BCUT2D eigenvalue weighted by atomic mass is 10.2. The molecule has 0 unspecified atom stereocenters. The Hall–Kier alpha value is -1.85. The van der Waals surface area contributed by atoms with Crippen LogP contribution in [0.2, 0.25) is 5.02 Å². The third-order valence-electron chi connectivity index (χ3n) is 2.76. The van der Waals surface area contributed by atoms with Gasteiger partial charge >= 0.3 is 0 Å². The fraction of sp³-hybridized carbons (Fsp3) is 0.143. The highest BCUT2D eigenvalue weighted by molar-refractivity contribution is 7.15. The molecule has 0 fully saturated rings. The Labute approximate surface area is 125 Å². The van der Waals surface area contributed by atoms with Gasteiger partial charge in [0.1, 0.15) is 5.00 Å². The zero-order valence-electron chi connectivity index (χ0n) is 11.0. The molecule has 2 N–H and O–H groups in total. The summed E-state index contributed by atoms with van der Waals surface area (Å²) in [5.74, 6) is -0.483. The lowest BCUT2D eigenvalue weighted by molar-refractivity contribution is 0.0964. The largest absolute Gasteiger partial charge is 0.355 e. The van der Waals surface area contributed by atoms with Crippen LogP contribution in [0.25, 0.3) is 0 Å². The van der Waals surface area contributed by atoms with Gasteiger partial charge in [0, 0.05) is 17.6 Å². The van der Waals surface area contributed by atoms with Gasteiger partial charge in [0.05, 0.1) is 5.56 Å². The second-order valence-electron chi connectivity index (χ2n) is 4.16. The molecule has 0 saturated heterocycles. The Kier molecular flexibility index (Phi) is 4.42. The van der Waals surface area contributed by atoms with Crippen LogP contribution >= 0.6 is 22.9 Å². The van der Waals surface area contributed by atoms with Crippen molar-refractivity contribution in [2.24, 2.45) is 0 Å². The fourth-order valence-electron chi connectivity index (χ4n) is 1.72. The van der Waals surface area contributed by atoms with Crippen molar-refractivity contribution in [1.82, 2.24) is 5.32 Å². The van der Waals surface area contributed by atoms with E-state index in [9.17, 15) is 9.59 Å². The topological polar surface area (TPSA) is 58.2 Å². The van der Waals surface area contributed by atoms with Crippen LogP contribution in [0.3, 0.4) is 0 Å². The molecular formula is C14H13ClN2O2S. The molecule has 20 heavy (non-hydrogen) atoms. The zero-order valence-corrected chi connectivity index (χ0v) is 12.6. The molecule has 104 valence electrons. The normalized spacial score (nSPS) is 10.2. The van der Waals surface area contributed by atoms with Crippen molar-refractivity contribution >= 4 is 39.8 Å². The summed E-state index contributed by atoms with van der Waals surface area (Å²) in [4.78, 5) is 23.9. The number of carbonyl (C=O) groups excluding carboxylic acids is 2. The van der Waals surface area contributed by atoms with Crippen LogP contribution in [0.5, 0.6) is 0 Å². The maximum Gasteiger partial charge on any atom is 0.256 e. The van der Waals surface area contributed by atoms with Crippen molar-refractivity contribution < 1.29 is 9.59 Å². The maximum absolute atomic E-state index is 12.1. The predicted octanol–water partition coefficient (Wildman–Crippen LogP) is 3.32. The molecule has 0 aliphatic rings. The third kappa shape index (κ3) is 3.00. The first-order valence-corrected chi connectivity index (χ1v) is 7.15. The smallest absolute Gasteiger partial charge is 0.256 e. The lowest BCUT2D eigenvalue weighted by Gasteiger charge is -2.06. The number of nitrogens with one attached hydrogen (secondary N) is 2. The lowest BCUT2D eigenvalue weighted by Crippen LogP contribution is -2.21. The monoisotopic (exact) mass is 308 g/mol. The van der Waals surface area contributed by atoms with Crippen LogP contribution in [0.4, 0.5) is 5.00 Å². The van der Waals surface area contributed by atoms with E-state index in [2.05, 4.69) is 10.6 Å². The average Bonchev–Trinajstić information content (AvgIpc) is 2.79. The van der Waals surface area contributed by atoms with Gasteiger partial charge < -0.3 is 10.6 Å². The summed E-state index contributed by atoms with van der Waals surface area (Å²) in [5, 5.41) is 8.27. The molecule has 0 aliphatic heterocycles. The van der Waals surface area contributed by atoms with Crippen LogP contribution in [0.1, 0.15) is 26.3 Å². The molecule has 0 bridgehead atoms. The quantitative estimate of drug-likeness (QED) is 0.914. The number of rotatable bonds is 3. The van der Waals surface area contributed by atoms with Gasteiger partial charge in [-0.15, -0.1) is 11.3 Å². The number of aryl methyl sites for hydroxylation is 1. The molecule has 1 aromatic carbocycles. The molecule has 0 atom stereocenters. The summed E-state index contributed by atoms with van der Waals surface area (Å²) < 4.78 is 0. The van der Waals surface area contributed by atoms with E-state index in [1.807, 2.05) is 12.3 Å². The van der Waals surface area contributed by atoms with E-state index < -0.39 is 0 Å². The van der Waals surface area contributed by atoms with Crippen molar-refractivity contribution in [2.75, 3.05) is 12.4 Å². The molecule has 2 aromatic rings. The van der Waals surface area contributed by atoms with Gasteiger partial charge in [-0.2, -0.15) is 0 Å². The number of hydrogen-bond acceptors (Lipinski definition) is 3. The van der Waals surface area contributed by atoms with Gasteiger partial charge in [0.15, 0.2) is 0 Å². The summed E-state index contributed by atoms with van der Waals surface area (Å²) in [6.45, 7) is 1.83. The average molecular weight is 309 g/mol. The van der Waals surface area contributed by atoms with Gasteiger partial charge in [-0.05, 0) is 42.1 Å². The summed E-state index contributed by atoms with van der Waals surface area (Å²) in [6, 6.07) is 6.57. The maximum atomic E-state index is 12.1. The molecule has 6 heteroatoms. The summed E-state index contributed by atoms with van der Waals surface area (Å²) >= 11 is 7.11. The molecule has 1 heterocycles. The summed E-state index contributed by atoms with van der Waals surface area (Å²) in [5.41, 5.74) is 1.82. The minimum atomic E-state index is -0.270. The number of halogens is 1. The first-order chi connectivity index (χ1) is 9.52. The molecule has 2 rings (SSSR count). The number of hydrogen-bond donors (Lipinski definition) is 2. The van der Waals surface area contributed by atoms with E-state index in [1.165, 1.54) is 11.3 Å². The van der Waals surface area contributed by atoms with Crippen molar-refractivity contribution in [3.63, 3.8) is 0 Å². The standard InChI is InChI=1S/C14H13ClN2O2S/c1-8-7-20-14(11(8)13(19)16-2)17-12(18)9-3-5-10(15)6-4-9/h3-7H,1-2H3,(H,16,19)(H,17,18). The summed E-state index contributed by atoms with van der Waals surface area (Å²) in [7, 11) is 1.56. The molecule has 4 nitrogen and oxygen atoms in total. The van der Waals surface area contributed by atoms with Crippen molar-refractivity contribution in [2.45, 2.75) is 6.92 Å². The minimum absolute atomic E-state index is 0.213. The highest BCUT2D eigenvalue weighted by Gasteiger charge is 2.17. The van der Waals surface area contributed by atoms with Crippen LogP contribution < -0.4 is 10.6 Å². The first-order valence-electron chi connectivity index (χ1n) is 5.90. The molecule has 0 saturated carbocycles. The Morgan fingerprint density at radius 2 is 1.80 bits per heavy atom. The van der Waals surface area contributed by atoms with Crippen molar-refractivity contribution in [3.05, 3.63) is 51.4 Å². The van der Waals surface area contributed by atoms with Gasteiger partial charge in [-0.1, -0.05) is 11.6 Å². The molecule has 0 spiro atoms. The molecule has 0 aliphatic carbocycles. The number of carbonyl (C=O) groups is 2. The number of amides is 2. The van der Waals surface area contributed by atoms with E-state index >= 15 is 0 Å². The van der Waals surface area contributed by atoms with Gasteiger partial charge in [-0.25, -0.2) is 0 Å². The Balaban J connectivity index is 2.24. The number of anilines is 1. The van der Waals surface area contributed by atoms with Gasteiger partial charge in [-0.3, -0.25) is 9.59 Å². The SMILES string of the molecule is CNC(=O)c1c(C)csc1NC(=O)c1ccc(Cl)cc1. The van der Waals surface area contributed by atoms with Crippen molar-refractivity contribution in [1.29, 1.82) is 0 Å². The van der Waals surface area contributed by atoms with E-state index in [1.54, 1.807) is 31.3 Å². The van der Waals surface area contributed by atoms with Crippen LogP contribution in [0.15, 0.2) is 29.6 Å². The number of thiophene rings is 1. The predicted molar refractivity (Wildman–Crippen MR) is 81.9 cm³/mol. The molecule has 1 aromatic heterocycles. The number of benzene rings is 1. The Morgan fingerprint density at radius 1 is 1.15 bits per heavy atom. The van der Waals surface area contributed by atoms with Crippen molar-refractivity contribution in [3.8, 4) is 0 Å². The highest BCUT2D eigenvalue weighted by atomic mass is 35.5. The first kappa shape index (κ1) is 14.6. The minimum Gasteiger partial charge on any atom is -0.355 e. The van der Waals surface area contributed by atoms with E-state index in [4.69, 9.17) is 11.6 Å². The van der Waals surface area contributed by atoms with E-state index in [-0.39, 0.29) is 11.8 Å². The Bertz CT molecular complexity index is 650. The third-order valence-corrected chi connectivity index (χ3v) is 4.03. The van der Waals surface area contributed by atoms with Crippen LogP contribution in [-0.2, 0) is 0 Å². The Morgan fingerprint density at radius 3 is 2.40 bits per heavy atom. The molecule has 2 amide bonds. The van der Waals surface area contributed by atoms with E-state index in [0.29, 0.717) is 21.2 Å². The summed E-state index contributed by atoms with van der Waals surface area (Å²) in [6.07, 6.45) is 0. The highest BCUT2D eigenvalue weighted by Crippen LogP contribution is 2.28. The second-order valence-corrected chi connectivity index (χ2v) is 5.48. The van der Waals surface area contributed by atoms with Gasteiger partial charge in [0.2, 0.25) is 0 Å². The molecule has 0 radical (unpaired) electrons. The fourth-order valence-corrected chi connectivity index (χ4v) is 2.78. The second kappa shape index (κ2) is 6.07. The van der Waals surface area contributed by atoms with Gasteiger partial charge in [0.25, 0.3) is 11.8 Å². The van der Waals surface area contributed by atoms with Crippen LogP contribution in [0, 0.1) is 6.92 Å². The zero-order chi connectivity index (χ0) is 14.7. The van der Waals surface area contributed by atoms with Crippen LogP contribution in [-0.4, -0.2) is 18.9 Å². The molecular weight excluding hydrogens is 296 g/mol.